The monoisotopic (exact) mass is 400 g/mol. The Morgan fingerprint density at radius 3 is 2.07 bits per heavy atom. The van der Waals surface area contributed by atoms with Crippen molar-refractivity contribution in [3.63, 3.8) is 0 Å². The van der Waals surface area contributed by atoms with Gasteiger partial charge in [-0.2, -0.15) is 0 Å². The van der Waals surface area contributed by atoms with Crippen molar-refractivity contribution in [3.8, 4) is 0 Å². The minimum absolute atomic E-state index is 0.0252. The fourth-order valence-electron chi connectivity index (χ4n) is 3.23. The molecule has 0 radical (unpaired) electrons. The summed E-state index contributed by atoms with van der Waals surface area (Å²) in [6, 6.07) is 24.5. The second kappa shape index (κ2) is 8.95. The van der Waals surface area contributed by atoms with Crippen molar-refractivity contribution >= 4 is 17.5 Å². The van der Waals surface area contributed by atoms with Crippen LogP contribution in [0.25, 0.3) is 0 Å². The molecule has 4 heteroatoms. The Morgan fingerprint density at radius 2 is 1.43 bits per heavy atom. The number of carbonyl (C=O) groups is 2. The Kier molecular flexibility index (Phi) is 6.36. The molecular formula is C26H28N2O2. The lowest BCUT2D eigenvalue weighted by Crippen LogP contribution is -2.27. The number of rotatable bonds is 5. The molecule has 0 heterocycles. The molecule has 0 aliphatic rings. The first-order chi connectivity index (χ1) is 14.3. The fourth-order valence-corrected chi connectivity index (χ4v) is 3.23. The molecule has 3 aromatic carbocycles. The van der Waals surface area contributed by atoms with Gasteiger partial charge in [-0.05, 0) is 40.8 Å². The summed E-state index contributed by atoms with van der Waals surface area (Å²) in [5.74, 6) is -0.376. The minimum atomic E-state index is -0.235. The number of hydrogen-bond acceptors (Lipinski definition) is 2. The molecule has 4 nitrogen and oxygen atoms in total. The van der Waals surface area contributed by atoms with E-state index in [0.29, 0.717) is 23.4 Å². The molecule has 0 aliphatic carbocycles. The van der Waals surface area contributed by atoms with Crippen LogP contribution in [0.1, 0.15) is 52.6 Å². The Hall–Kier alpha value is -3.40. The van der Waals surface area contributed by atoms with E-state index in [-0.39, 0.29) is 17.2 Å². The van der Waals surface area contributed by atoms with Crippen LogP contribution in [-0.2, 0) is 12.0 Å². The molecule has 0 bridgehead atoms. The lowest BCUT2D eigenvalue weighted by atomic mass is 9.86. The largest absolute Gasteiger partial charge is 0.337 e. The summed E-state index contributed by atoms with van der Waals surface area (Å²) in [5, 5.41) is 2.90. The van der Waals surface area contributed by atoms with Gasteiger partial charge in [-0.15, -0.1) is 0 Å². The van der Waals surface area contributed by atoms with Crippen LogP contribution in [0.3, 0.4) is 0 Å². The number of para-hydroxylation sites is 1. The molecule has 0 aliphatic heterocycles. The van der Waals surface area contributed by atoms with Crippen molar-refractivity contribution in [2.24, 2.45) is 0 Å². The first-order valence-corrected chi connectivity index (χ1v) is 10.1. The fraction of sp³-hybridized carbons (Fsp3) is 0.231. The number of hydrogen-bond donors (Lipinski definition) is 1. The summed E-state index contributed by atoms with van der Waals surface area (Å²) in [6.07, 6.45) is 0. The zero-order valence-corrected chi connectivity index (χ0v) is 18.0. The van der Waals surface area contributed by atoms with E-state index in [1.54, 1.807) is 30.1 Å². The predicted octanol–water partition coefficient (Wildman–Crippen LogP) is 5.51. The SMILES string of the molecule is CN(Cc1ccccc1)C(=O)c1ccccc1NC(=O)c1ccc(C(C)(C)C)cc1. The first kappa shape index (κ1) is 21.3. The third-order valence-corrected chi connectivity index (χ3v) is 5.03. The van der Waals surface area contributed by atoms with E-state index in [9.17, 15) is 9.59 Å². The van der Waals surface area contributed by atoms with Gasteiger partial charge in [0.2, 0.25) is 0 Å². The molecule has 2 amide bonds. The number of amides is 2. The zero-order chi connectivity index (χ0) is 21.7. The molecule has 0 spiro atoms. The van der Waals surface area contributed by atoms with Crippen LogP contribution in [0, 0.1) is 0 Å². The minimum Gasteiger partial charge on any atom is -0.337 e. The van der Waals surface area contributed by atoms with Gasteiger partial charge in [0, 0.05) is 19.2 Å². The van der Waals surface area contributed by atoms with Crippen LogP contribution in [0.5, 0.6) is 0 Å². The van der Waals surface area contributed by atoms with Gasteiger partial charge < -0.3 is 10.2 Å². The van der Waals surface area contributed by atoms with E-state index in [0.717, 1.165) is 11.1 Å². The summed E-state index contributed by atoms with van der Waals surface area (Å²) in [6.45, 7) is 6.90. The molecule has 0 fully saturated rings. The molecule has 0 atom stereocenters. The topological polar surface area (TPSA) is 49.4 Å². The molecule has 3 aromatic rings. The number of carbonyl (C=O) groups excluding carboxylic acids is 2. The number of benzene rings is 3. The highest BCUT2D eigenvalue weighted by Gasteiger charge is 2.18. The first-order valence-electron chi connectivity index (χ1n) is 10.1. The van der Waals surface area contributed by atoms with Crippen LogP contribution in [-0.4, -0.2) is 23.8 Å². The maximum absolute atomic E-state index is 13.0. The molecule has 0 saturated heterocycles. The number of nitrogens with zero attached hydrogens (tertiary/aromatic N) is 1. The zero-order valence-electron chi connectivity index (χ0n) is 18.0. The molecule has 3 rings (SSSR count). The molecule has 0 aromatic heterocycles. The quantitative estimate of drug-likeness (QED) is 0.614. The van der Waals surface area contributed by atoms with Crippen molar-refractivity contribution in [1.82, 2.24) is 4.90 Å². The Morgan fingerprint density at radius 1 is 0.833 bits per heavy atom. The van der Waals surface area contributed by atoms with Crippen LogP contribution in [0.15, 0.2) is 78.9 Å². The van der Waals surface area contributed by atoms with E-state index in [1.807, 2.05) is 60.7 Å². The average molecular weight is 401 g/mol. The second-order valence-corrected chi connectivity index (χ2v) is 8.47. The maximum atomic E-state index is 13.0. The summed E-state index contributed by atoms with van der Waals surface area (Å²) in [7, 11) is 1.76. The summed E-state index contributed by atoms with van der Waals surface area (Å²) in [4.78, 5) is 27.4. The smallest absolute Gasteiger partial charge is 0.256 e. The van der Waals surface area contributed by atoms with Gasteiger partial charge in [-0.3, -0.25) is 9.59 Å². The Labute approximate surface area is 178 Å². The maximum Gasteiger partial charge on any atom is 0.256 e. The van der Waals surface area contributed by atoms with Crippen molar-refractivity contribution in [1.29, 1.82) is 0 Å². The van der Waals surface area contributed by atoms with Crippen molar-refractivity contribution < 1.29 is 9.59 Å². The highest BCUT2D eigenvalue weighted by molar-refractivity contribution is 6.09. The van der Waals surface area contributed by atoms with Crippen molar-refractivity contribution in [3.05, 3.63) is 101 Å². The van der Waals surface area contributed by atoms with Gasteiger partial charge in [-0.25, -0.2) is 0 Å². The summed E-state index contributed by atoms with van der Waals surface area (Å²) in [5.41, 5.74) is 3.77. The number of nitrogens with one attached hydrogen (secondary N) is 1. The highest BCUT2D eigenvalue weighted by Crippen LogP contribution is 2.23. The van der Waals surface area contributed by atoms with E-state index in [1.165, 1.54) is 0 Å². The Balaban J connectivity index is 1.76. The van der Waals surface area contributed by atoms with Crippen molar-refractivity contribution in [2.45, 2.75) is 32.7 Å². The van der Waals surface area contributed by atoms with Crippen LogP contribution in [0.4, 0.5) is 5.69 Å². The molecular weight excluding hydrogens is 372 g/mol. The lowest BCUT2D eigenvalue weighted by Gasteiger charge is -2.20. The van der Waals surface area contributed by atoms with Gasteiger partial charge in [0.05, 0.1) is 11.3 Å². The molecule has 154 valence electrons. The lowest BCUT2D eigenvalue weighted by molar-refractivity contribution is 0.0786. The molecule has 30 heavy (non-hydrogen) atoms. The summed E-state index contributed by atoms with van der Waals surface area (Å²) >= 11 is 0. The third kappa shape index (κ3) is 5.15. The number of anilines is 1. The van der Waals surface area contributed by atoms with Gasteiger partial charge in [-0.1, -0.05) is 75.4 Å². The predicted molar refractivity (Wildman–Crippen MR) is 122 cm³/mol. The highest BCUT2D eigenvalue weighted by atomic mass is 16.2. The van der Waals surface area contributed by atoms with Crippen LogP contribution < -0.4 is 5.32 Å². The molecule has 0 saturated carbocycles. The summed E-state index contributed by atoms with van der Waals surface area (Å²) < 4.78 is 0. The van der Waals surface area contributed by atoms with Crippen LogP contribution >= 0.6 is 0 Å². The van der Waals surface area contributed by atoms with Gasteiger partial charge in [0.15, 0.2) is 0 Å². The van der Waals surface area contributed by atoms with Gasteiger partial charge >= 0.3 is 0 Å². The van der Waals surface area contributed by atoms with Gasteiger partial charge in [0.25, 0.3) is 11.8 Å². The third-order valence-electron chi connectivity index (χ3n) is 5.03. The van der Waals surface area contributed by atoms with E-state index in [2.05, 4.69) is 26.1 Å². The van der Waals surface area contributed by atoms with Gasteiger partial charge in [0.1, 0.15) is 0 Å². The van der Waals surface area contributed by atoms with Crippen LogP contribution in [0.2, 0.25) is 0 Å². The van der Waals surface area contributed by atoms with E-state index < -0.39 is 0 Å². The second-order valence-electron chi connectivity index (χ2n) is 8.47. The molecule has 1 N–H and O–H groups in total. The average Bonchev–Trinajstić information content (AvgIpc) is 2.74. The van der Waals surface area contributed by atoms with Crippen molar-refractivity contribution in [2.75, 3.05) is 12.4 Å². The normalized spacial score (nSPS) is 11.1. The Bertz CT molecular complexity index is 1020. The standard InChI is InChI=1S/C26H28N2O2/c1-26(2,3)21-16-14-20(15-17-21)24(29)27-23-13-9-8-12-22(23)25(30)28(4)18-19-10-6-5-7-11-19/h5-17H,18H2,1-4H3,(H,27,29). The van der Waals surface area contributed by atoms with E-state index >= 15 is 0 Å². The van der Waals surface area contributed by atoms with E-state index in [4.69, 9.17) is 0 Å². The molecule has 0 unspecified atom stereocenters.